The first-order chi connectivity index (χ1) is 12.2. The Morgan fingerprint density at radius 3 is 2.85 bits per heavy atom. The summed E-state index contributed by atoms with van der Waals surface area (Å²) < 4.78 is 20.0. The Morgan fingerprint density at radius 1 is 1.46 bits per heavy atom. The van der Waals surface area contributed by atoms with E-state index in [1.165, 1.54) is 6.08 Å². The molecule has 6 nitrogen and oxygen atoms in total. The van der Waals surface area contributed by atoms with Crippen molar-refractivity contribution in [1.82, 2.24) is 0 Å². The van der Waals surface area contributed by atoms with E-state index in [4.69, 9.17) is 4.74 Å². The van der Waals surface area contributed by atoms with Crippen LogP contribution in [0.15, 0.2) is 24.3 Å². The summed E-state index contributed by atoms with van der Waals surface area (Å²) in [7, 11) is 0. The molecule has 140 valence electrons. The van der Waals surface area contributed by atoms with Crippen LogP contribution in [0.3, 0.4) is 0 Å². The van der Waals surface area contributed by atoms with Crippen molar-refractivity contribution >= 4 is 11.9 Å². The highest BCUT2D eigenvalue weighted by atomic mass is 19.1. The first-order valence-corrected chi connectivity index (χ1v) is 8.98. The molecule has 1 spiro atoms. The van der Waals surface area contributed by atoms with E-state index >= 15 is 0 Å². The molecule has 8 atom stereocenters. The summed E-state index contributed by atoms with van der Waals surface area (Å²) in [5.41, 5.74) is -4.51. The number of fused-ring (bicyclic) bond motifs is 1. The van der Waals surface area contributed by atoms with Crippen LogP contribution in [0.25, 0.3) is 0 Å². The Morgan fingerprint density at radius 2 is 2.19 bits per heavy atom. The fourth-order valence-corrected chi connectivity index (χ4v) is 7.19. The number of carboxylic acid groups (broad SMARTS) is 1. The number of carbonyl (C=O) groups excluding carboxylic acids is 1. The molecule has 5 rings (SSSR count). The van der Waals surface area contributed by atoms with Crippen LogP contribution < -0.4 is 0 Å². The number of carboxylic acids is 1. The zero-order chi connectivity index (χ0) is 18.7. The molecule has 3 N–H and O–H groups in total. The number of ether oxygens (including phenoxy) is 1. The summed E-state index contributed by atoms with van der Waals surface area (Å²) in [5, 5.41) is 31.5. The van der Waals surface area contributed by atoms with Crippen LogP contribution in [-0.2, 0) is 14.3 Å². The third-order valence-electron chi connectivity index (χ3n) is 8.10. The van der Waals surface area contributed by atoms with Crippen molar-refractivity contribution in [2.75, 3.05) is 6.67 Å². The number of esters is 1. The summed E-state index contributed by atoms with van der Waals surface area (Å²) in [4.78, 5) is 25.1. The van der Waals surface area contributed by atoms with E-state index in [2.05, 4.69) is 6.58 Å². The molecule has 4 fully saturated rings. The Hall–Kier alpha value is -1.73. The molecular weight excluding hydrogens is 343 g/mol. The monoisotopic (exact) mass is 364 g/mol. The summed E-state index contributed by atoms with van der Waals surface area (Å²) in [6.45, 7) is 2.79. The molecule has 0 aromatic rings. The van der Waals surface area contributed by atoms with Gasteiger partial charge < -0.3 is 20.1 Å². The topological polar surface area (TPSA) is 104 Å². The Labute approximate surface area is 149 Å². The molecule has 1 aliphatic heterocycles. The van der Waals surface area contributed by atoms with E-state index in [0.29, 0.717) is 24.8 Å². The Kier molecular flexibility index (Phi) is 2.78. The summed E-state index contributed by atoms with van der Waals surface area (Å²) in [6.07, 6.45) is 2.95. The van der Waals surface area contributed by atoms with Crippen LogP contribution in [0.4, 0.5) is 4.39 Å². The van der Waals surface area contributed by atoms with Crippen LogP contribution in [0.5, 0.6) is 0 Å². The van der Waals surface area contributed by atoms with E-state index in [1.54, 1.807) is 6.08 Å². The lowest BCUT2D eigenvalue weighted by atomic mass is 9.60. The van der Waals surface area contributed by atoms with Crippen molar-refractivity contribution in [3.63, 3.8) is 0 Å². The lowest BCUT2D eigenvalue weighted by molar-refractivity contribution is -0.165. The third kappa shape index (κ3) is 1.39. The normalized spacial score (nSPS) is 56.3. The minimum Gasteiger partial charge on any atom is -0.481 e. The van der Waals surface area contributed by atoms with E-state index in [9.17, 15) is 29.3 Å². The highest BCUT2D eigenvalue weighted by Gasteiger charge is 2.84. The van der Waals surface area contributed by atoms with Crippen LogP contribution in [0, 0.1) is 28.6 Å². The first kappa shape index (κ1) is 16.4. The standard InChI is InChI=1S/C19H21FO6/c1-9-6-16-7-17(9,25)4-2-10(16)19-5-3-11(21)18(8-20,15(24)26-19)13(19)12(16)14(22)23/h3,5,10-13,21,25H,1-2,4,6-8H2,(H,22,23)/t10-,11+,12-,13-,16+,17+,18-,19-/m1/s1. The second-order valence-corrected chi connectivity index (χ2v) is 8.83. The summed E-state index contributed by atoms with van der Waals surface area (Å²) in [5.74, 6) is -4.44. The first-order valence-electron chi connectivity index (χ1n) is 8.98. The smallest absolute Gasteiger partial charge is 0.319 e. The molecule has 0 radical (unpaired) electrons. The number of rotatable bonds is 2. The van der Waals surface area contributed by atoms with E-state index in [-0.39, 0.29) is 12.3 Å². The fraction of sp³-hybridized carbons (Fsp3) is 0.684. The number of carbonyl (C=O) groups is 2. The van der Waals surface area contributed by atoms with Crippen molar-refractivity contribution in [3.8, 4) is 0 Å². The van der Waals surface area contributed by atoms with Gasteiger partial charge in [-0.25, -0.2) is 4.39 Å². The molecule has 1 heterocycles. The molecule has 7 heteroatoms. The van der Waals surface area contributed by atoms with Gasteiger partial charge in [-0.1, -0.05) is 12.7 Å². The van der Waals surface area contributed by atoms with Crippen molar-refractivity contribution in [1.29, 1.82) is 0 Å². The lowest BCUT2D eigenvalue weighted by Gasteiger charge is -2.44. The van der Waals surface area contributed by atoms with Gasteiger partial charge in [0.15, 0.2) is 0 Å². The van der Waals surface area contributed by atoms with Gasteiger partial charge in [0.2, 0.25) is 0 Å². The number of aliphatic carboxylic acids is 1. The molecule has 5 aliphatic rings. The minimum atomic E-state index is -1.90. The highest BCUT2D eigenvalue weighted by Crippen LogP contribution is 2.77. The second-order valence-electron chi connectivity index (χ2n) is 8.83. The van der Waals surface area contributed by atoms with Crippen molar-refractivity contribution in [3.05, 3.63) is 24.3 Å². The van der Waals surface area contributed by atoms with Crippen molar-refractivity contribution in [2.45, 2.75) is 43.0 Å². The molecule has 3 saturated carbocycles. The van der Waals surface area contributed by atoms with Gasteiger partial charge in [-0.15, -0.1) is 0 Å². The van der Waals surface area contributed by atoms with Crippen LogP contribution in [0.1, 0.15) is 25.7 Å². The molecule has 1 saturated heterocycles. The molecule has 0 amide bonds. The number of halogens is 1. The van der Waals surface area contributed by atoms with Crippen LogP contribution in [0.2, 0.25) is 0 Å². The second kappa shape index (κ2) is 4.39. The van der Waals surface area contributed by atoms with E-state index < -0.39 is 58.6 Å². The number of aliphatic hydroxyl groups excluding tert-OH is 1. The summed E-state index contributed by atoms with van der Waals surface area (Å²) >= 11 is 0. The van der Waals surface area contributed by atoms with Crippen LogP contribution >= 0.6 is 0 Å². The summed E-state index contributed by atoms with van der Waals surface area (Å²) in [6, 6.07) is 0. The number of hydrogen-bond acceptors (Lipinski definition) is 5. The largest absolute Gasteiger partial charge is 0.481 e. The number of alkyl halides is 1. The third-order valence-corrected chi connectivity index (χ3v) is 8.10. The maximum Gasteiger partial charge on any atom is 0.319 e. The maximum absolute atomic E-state index is 14.2. The maximum atomic E-state index is 14.2. The molecule has 0 aromatic carbocycles. The molecule has 0 unspecified atom stereocenters. The van der Waals surface area contributed by atoms with Gasteiger partial charge >= 0.3 is 11.9 Å². The van der Waals surface area contributed by atoms with Gasteiger partial charge in [0.25, 0.3) is 0 Å². The SMILES string of the molecule is C=C1C[C@]23C[C@@]1(O)CC[C@H]2[C@@]12C=C[C@H](O)[C@@](CF)(C(=O)O1)[C@H]2[C@@H]3C(=O)O. The zero-order valence-electron chi connectivity index (χ0n) is 14.2. The van der Waals surface area contributed by atoms with E-state index in [1.807, 2.05) is 0 Å². The number of aliphatic hydroxyl groups is 2. The van der Waals surface area contributed by atoms with Crippen molar-refractivity contribution < 1.29 is 34.0 Å². The predicted molar refractivity (Wildman–Crippen MR) is 85.5 cm³/mol. The predicted octanol–water partition coefficient (Wildman–Crippen LogP) is 0.977. The van der Waals surface area contributed by atoms with E-state index in [0.717, 1.165) is 0 Å². The minimum absolute atomic E-state index is 0.225. The molecule has 0 aromatic heterocycles. The molecular formula is C19H21FO6. The molecule has 4 bridgehead atoms. The van der Waals surface area contributed by atoms with Gasteiger partial charge in [-0.05, 0) is 42.7 Å². The van der Waals surface area contributed by atoms with Gasteiger partial charge in [0.1, 0.15) is 17.7 Å². The zero-order valence-corrected chi connectivity index (χ0v) is 14.2. The Bertz CT molecular complexity index is 793. The van der Waals surface area contributed by atoms with Gasteiger partial charge in [-0.3, -0.25) is 9.59 Å². The fourth-order valence-electron chi connectivity index (χ4n) is 7.19. The van der Waals surface area contributed by atoms with Gasteiger partial charge in [0.05, 0.1) is 17.6 Å². The lowest BCUT2D eigenvalue weighted by Crippen LogP contribution is -2.53. The Balaban J connectivity index is 1.79. The van der Waals surface area contributed by atoms with Gasteiger partial charge in [-0.2, -0.15) is 0 Å². The number of hydrogen-bond donors (Lipinski definition) is 3. The average molecular weight is 364 g/mol. The molecule has 4 aliphatic carbocycles. The average Bonchev–Trinajstić information content (AvgIpc) is 3.00. The quantitative estimate of drug-likeness (QED) is 0.498. The van der Waals surface area contributed by atoms with Gasteiger partial charge in [0, 0.05) is 11.8 Å². The van der Waals surface area contributed by atoms with Crippen molar-refractivity contribution in [2.24, 2.45) is 28.6 Å². The highest BCUT2D eigenvalue weighted by molar-refractivity contribution is 5.87. The van der Waals surface area contributed by atoms with Crippen LogP contribution in [-0.4, -0.2) is 51.2 Å². The molecule has 26 heavy (non-hydrogen) atoms.